The van der Waals surface area contributed by atoms with Crippen LogP contribution in [0.2, 0.25) is 0 Å². The van der Waals surface area contributed by atoms with E-state index in [4.69, 9.17) is 4.74 Å². The molecule has 0 aliphatic carbocycles. The van der Waals surface area contributed by atoms with Gasteiger partial charge in [-0.2, -0.15) is 0 Å². The van der Waals surface area contributed by atoms with Crippen LogP contribution < -0.4 is 15.4 Å². The van der Waals surface area contributed by atoms with Crippen molar-refractivity contribution in [3.05, 3.63) is 23.8 Å². The van der Waals surface area contributed by atoms with Crippen molar-refractivity contribution in [3.63, 3.8) is 0 Å². The summed E-state index contributed by atoms with van der Waals surface area (Å²) < 4.78 is 29.0. The number of methoxy groups -OCH3 is 1. The molecule has 1 aromatic carbocycles. The predicted octanol–water partition coefficient (Wildman–Crippen LogP) is 0.129. The van der Waals surface area contributed by atoms with Crippen LogP contribution in [-0.4, -0.2) is 58.0 Å². The van der Waals surface area contributed by atoms with Gasteiger partial charge in [0.2, 0.25) is 21.8 Å². The molecule has 1 unspecified atom stereocenters. The first kappa shape index (κ1) is 18.2. The molecule has 2 N–H and O–H groups in total. The Balaban J connectivity index is 2.08. The van der Waals surface area contributed by atoms with E-state index < -0.39 is 15.9 Å². The topological polar surface area (TPSA) is 105 Å². The van der Waals surface area contributed by atoms with Gasteiger partial charge in [0.15, 0.2) is 0 Å². The number of carbonyl (C=O) groups excluding carboxylic acids is 2. The third-order valence-corrected chi connectivity index (χ3v) is 5.22. The quantitative estimate of drug-likeness (QED) is 0.755. The first-order chi connectivity index (χ1) is 11.2. The lowest BCUT2D eigenvalue weighted by molar-refractivity contribution is -0.126. The third-order valence-electron chi connectivity index (χ3n) is 3.91. The van der Waals surface area contributed by atoms with Crippen LogP contribution >= 0.6 is 0 Å². The zero-order chi connectivity index (χ0) is 17.9. The first-order valence-corrected chi connectivity index (χ1v) is 9.24. The molecule has 0 spiro atoms. The van der Waals surface area contributed by atoms with E-state index in [2.05, 4.69) is 10.6 Å². The second-order valence-electron chi connectivity index (χ2n) is 5.63. The highest BCUT2D eigenvalue weighted by atomic mass is 32.2. The van der Waals surface area contributed by atoms with Crippen molar-refractivity contribution >= 4 is 27.5 Å². The second-order valence-corrected chi connectivity index (χ2v) is 7.72. The van der Waals surface area contributed by atoms with E-state index in [9.17, 15) is 18.0 Å². The van der Waals surface area contributed by atoms with Gasteiger partial charge in [0, 0.05) is 32.2 Å². The summed E-state index contributed by atoms with van der Waals surface area (Å²) in [6.07, 6.45) is 1.14. The summed E-state index contributed by atoms with van der Waals surface area (Å²) in [6.45, 7) is 0.328. The van der Waals surface area contributed by atoms with Crippen molar-refractivity contribution in [1.82, 2.24) is 9.62 Å². The highest BCUT2D eigenvalue weighted by Gasteiger charge is 2.31. The fourth-order valence-corrected chi connectivity index (χ4v) is 2.85. The van der Waals surface area contributed by atoms with Crippen LogP contribution in [0.25, 0.3) is 0 Å². The van der Waals surface area contributed by atoms with Crippen LogP contribution in [0.3, 0.4) is 0 Å². The average Bonchev–Trinajstić information content (AvgIpc) is 2.52. The zero-order valence-corrected chi connectivity index (χ0v) is 14.6. The smallest absolute Gasteiger partial charge is 0.228 e. The maximum atomic E-state index is 12.4. The van der Waals surface area contributed by atoms with Crippen LogP contribution in [0, 0.1) is 0 Å². The Kier molecular flexibility index (Phi) is 5.45. The second kappa shape index (κ2) is 7.18. The molecule has 1 aromatic rings. The zero-order valence-electron chi connectivity index (χ0n) is 13.8. The highest BCUT2D eigenvalue weighted by molar-refractivity contribution is 7.88. The molecule has 2 rings (SSSR count). The predicted molar refractivity (Wildman–Crippen MR) is 89.5 cm³/mol. The van der Waals surface area contributed by atoms with Gasteiger partial charge in [0.1, 0.15) is 5.75 Å². The number of carbonyl (C=O) groups is 2. The van der Waals surface area contributed by atoms with E-state index in [1.807, 2.05) is 0 Å². The molecule has 1 aliphatic heterocycles. The summed E-state index contributed by atoms with van der Waals surface area (Å²) in [6, 6.07) is 5.13. The lowest BCUT2D eigenvalue weighted by atomic mass is 9.89. The van der Waals surface area contributed by atoms with Crippen molar-refractivity contribution in [2.75, 3.05) is 38.8 Å². The van der Waals surface area contributed by atoms with Crippen molar-refractivity contribution in [3.8, 4) is 5.75 Å². The van der Waals surface area contributed by atoms with Crippen LogP contribution in [0.1, 0.15) is 17.9 Å². The molecule has 1 aliphatic rings. The number of amides is 2. The SMILES string of the molecule is COc1ccc2c(c1)C(C(=O)NCCN(C)S(C)(=O)=O)CC(=O)N2. The van der Waals surface area contributed by atoms with Gasteiger partial charge in [-0.1, -0.05) is 0 Å². The lowest BCUT2D eigenvalue weighted by Crippen LogP contribution is -2.39. The minimum Gasteiger partial charge on any atom is -0.497 e. The fourth-order valence-electron chi connectivity index (χ4n) is 2.43. The summed E-state index contributed by atoms with van der Waals surface area (Å²) in [5.41, 5.74) is 1.27. The number of rotatable bonds is 6. The third kappa shape index (κ3) is 4.24. The number of likely N-dealkylation sites (N-methyl/N-ethyl adjacent to an activating group) is 1. The lowest BCUT2D eigenvalue weighted by Gasteiger charge is -2.25. The van der Waals surface area contributed by atoms with Crippen molar-refractivity contribution in [2.45, 2.75) is 12.3 Å². The Bertz CT molecular complexity index is 747. The Morgan fingerprint density at radius 2 is 2.17 bits per heavy atom. The minimum absolute atomic E-state index is 0.0356. The van der Waals surface area contributed by atoms with E-state index in [1.165, 1.54) is 14.2 Å². The molecule has 1 heterocycles. The number of anilines is 1. The summed E-state index contributed by atoms with van der Waals surface area (Å²) in [7, 11) is -0.323. The number of hydrogen-bond acceptors (Lipinski definition) is 5. The van der Waals surface area contributed by atoms with Crippen molar-refractivity contribution in [2.24, 2.45) is 0 Å². The molecule has 0 saturated heterocycles. The number of nitrogens with one attached hydrogen (secondary N) is 2. The minimum atomic E-state index is -3.29. The van der Waals surface area contributed by atoms with Gasteiger partial charge in [-0.05, 0) is 23.8 Å². The number of sulfonamides is 1. The van der Waals surface area contributed by atoms with Gasteiger partial charge >= 0.3 is 0 Å². The van der Waals surface area contributed by atoms with Crippen LogP contribution in [0.4, 0.5) is 5.69 Å². The Labute approximate surface area is 141 Å². The summed E-state index contributed by atoms with van der Waals surface area (Å²) in [5, 5.41) is 5.42. The van der Waals surface area contributed by atoms with E-state index in [1.54, 1.807) is 18.2 Å². The Morgan fingerprint density at radius 1 is 1.46 bits per heavy atom. The van der Waals surface area contributed by atoms with E-state index in [0.717, 1.165) is 10.6 Å². The molecule has 9 heteroatoms. The molecule has 0 fully saturated rings. The molecule has 0 saturated carbocycles. The molecule has 8 nitrogen and oxygen atoms in total. The van der Waals surface area contributed by atoms with Gasteiger partial charge in [-0.15, -0.1) is 0 Å². The number of fused-ring (bicyclic) bond motifs is 1. The Hall–Kier alpha value is -2.13. The number of benzene rings is 1. The summed E-state index contributed by atoms with van der Waals surface area (Å²) >= 11 is 0. The van der Waals surface area contributed by atoms with Crippen LogP contribution in [0.5, 0.6) is 5.75 Å². The standard InChI is InChI=1S/C15H21N3O5S/c1-18(24(3,21)22)7-6-16-15(20)12-9-14(19)17-13-5-4-10(23-2)8-11(12)13/h4-5,8,12H,6-7,9H2,1-3H3,(H,16,20)(H,17,19). The molecular formula is C15H21N3O5S. The van der Waals surface area contributed by atoms with E-state index in [0.29, 0.717) is 17.0 Å². The molecule has 24 heavy (non-hydrogen) atoms. The van der Waals surface area contributed by atoms with Gasteiger partial charge in [0.25, 0.3) is 0 Å². The van der Waals surface area contributed by atoms with Gasteiger partial charge in [-0.3, -0.25) is 9.59 Å². The first-order valence-electron chi connectivity index (χ1n) is 7.39. The molecule has 132 valence electrons. The molecule has 0 bridgehead atoms. The average molecular weight is 355 g/mol. The highest BCUT2D eigenvalue weighted by Crippen LogP contribution is 2.34. The maximum absolute atomic E-state index is 12.4. The van der Waals surface area contributed by atoms with Gasteiger partial charge in [0.05, 0.1) is 19.3 Å². The molecule has 2 amide bonds. The monoisotopic (exact) mass is 355 g/mol. The summed E-state index contributed by atoms with van der Waals surface area (Å²) in [5.74, 6) is -0.589. The van der Waals surface area contributed by atoms with Crippen LogP contribution in [-0.2, 0) is 19.6 Å². The molecule has 0 radical (unpaired) electrons. The van der Waals surface area contributed by atoms with Gasteiger partial charge < -0.3 is 15.4 Å². The normalized spacial score (nSPS) is 17.2. The maximum Gasteiger partial charge on any atom is 0.228 e. The molecule has 0 aromatic heterocycles. The fraction of sp³-hybridized carbons (Fsp3) is 0.467. The largest absolute Gasteiger partial charge is 0.497 e. The van der Waals surface area contributed by atoms with E-state index in [-0.39, 0.29) is 31.3 Å². The molecule has 1 atom stereocenters. The van der Waals surface area contributed by atoms with Crippen molar-refractivity contribution < 1.29 is 22.7 Å². The van der Waals surface area contributed by atoms with Crippen molar-refractivity contribution in [1.29, 1.82) is 0 Å². The number of ether oxygens (including phenoxy) is 1. The number of nitrogens with zero attached hydrogens (tertiary/aromatic N) is 1. The summed E-state index contributed by atoms with van der Waals surface area (Å²) in [4.78, 5) is 24.2. The number of hydrogen-bond donors (Lipinski definition) is 2. The Morgan fingerprint density at radius 3 is 2.79 bits per heavy atom. The van der Waals surface area contributed by atoms with Gasteiger partial charge in [-0.25, -0.2) is 12.7 Å². The van der Waals surface area contributed by atoms with E-state index >= 15 is 0 Å². The van der Waals surface area contributed by atoms with Crippen LogP contribution in [0.15, 0.2) is 18.2 Å². The molecular weight excluding hydrogens is 334 g/mol.